The fourth-order valence-electron chi connectivity index (χ4n) is 14.2. The predicted octanol–water partition coefficient (Wildman–Crippen LogP) is 23.7. The van der Waals surface area contributed by atoms with Crippen molar-refractivity contribution in [2.24, 2.45) is 0 Å². The van der Waals surface area contributed by atoms with E-state index in [1.165, 1.54) is 26.7 Å². The molecule has 21 heteroatoms. The molecular formula is C99H81BF3O17. The molecule has 6 heterocycles. The number of phenolic OH excluding ortho intramolecular Hbond substituents is 2. The molecule has 603 valence electrons. The number of halogens is 3. The van der Waals surface area contributed by atoms with E-state index in [0.717, 1.165) is 97.6 Å². The third-order valence-electron chi connectivity index (χ3n) is 20.3. The highest BCUT2D eigenvalue weighted by atomic mass is 20.0. The third kappa shape index (κ3) is 18.7. The Balaban J connectivity index is 0.000000128. The number of carbonyl (C=O) groups is 2. The maximum absolute atomic E-state index is 12.3. The van der Waals surface area contributed by atoms with E-state index in [9.17, 15) is 48.4 Å². The molecule has 0 unspecified atom stereocenters. The number of Topliss-reactive ketones (excluding diaryl/α,β-unsaturated/α-hetero) is 1. The molecular weight excluding hydrogens is 1530 g/mol. The second-order valence-electron chi connectivity index (χ2n) is 27.9. The Morgan fingerprint density at radius 2 is 0.750 bits per heavy atom. The van der Waals surface area contributed by atoms with Gasteiger partial charge in [-0.2, -0.15) is 0 Å². The summed E-state index contributed by atoms with van der Waals surface area (Å²) < 4.78 is 70.4. The van der Waals surface area contributed by atoms with Gasteiger partial charge in [0.1, 0.15) is 81.4 Å². The van der Waals surface area contributed by atoms with E-state index in [1.807, 2.05) is 283 Å². The van der Waals surface area contributed by atoms with Crippen molar-refractivity contribution < 1.29 is 75.0 Å². The largest absolute Gasteiger partial charge is 0.507 e. The molecule has 20 rings (SSSR count). The molecule has 0 bridgehead atoms. The minimum Gasteiger partial charge on any atom is -0.507 e. The lowest BCUT2D eigenvalue weighted by atomic mass is 9.98. The first-order chi connectivity index (χ1) is 58.1. The molecule has 18 aromatic rings. The zero-order chi connectivity index (χ0) is 85.3. The van der Waals surface area contributed by atoms with Gasteiger partial charge in [0.05, 0.1) is 50.4 Å². The fourth-order valence-corrected chi connectivity index (χ4v) is 14.2. The van der Waals surface area contributed by atoms with E-state index >= 15 is 0 Å². The lowest BCUT2D eigenvalue weighted by molar-refractivity contribution is -0.131. The van der Waals surface area contributed by atoms with E-state index in [2.05, 4.69) is 0 Å². The molecule has 0 aliphatic carbocycles. The molecule has 0 saturated carbocycles. The number of aromatic hydroxyl groups is 3. The van der Waals surface area contributed by atoms with Gasteiger partial charge in [-0.3, -0.25) is 9.59 Å². The van der Waals surface area contributed by atoms with Gasteiger partial charge in [-0.15, -0.1) is 0 Å². The van der Waals surface area contributed by atoms with Crippen LogP contribution in [0.1, 0.15) is 81.8 Å². The van der Waals surface area contributed by atoms with Crippen LogP contribution in [0.15, 0.2) is 328 Å². The normalized spacial score (nSPS) is 13.9. The SMILES string of the molecule is C/C=C/COc1cc(=O)oc2c1ccc1ccccc12.CC(=O)Oc1cccc2ccccc12.CC(=O)c1ccc2ccccc2c1O.C[B]F.C[C@@H]1Oc2c(c(=O)oc3c2ccc2ccccc23)[C@H]1C.C[C@@H]1c2c(c3ccc4ccccc4c3oc2=O)O[C@@H]1C.FF.O=c1cc(O)c2ccc3ccccc3c2o1.Oc1cccc2ccccc12. The first-order valence-corrected chi connectivity index (χ1v) is 38.4. The second-order valence-corrected chi connectivity index (χ2v) is 27.9. The highest BCUT2D eigenvalue weighted by Crippen LogP contribution is 2.44. The number of fused-ring (bicyclic) bond motifs is 19. The Morgan fingerprint density at radius 3 is 1.19 bits per heavy atom. The number of allylic oxidation sites excluding steroid dienone is 1. The van der Waals surface area contributed by atoms with Gasteiger partial charge in [-0.25, -0.2) is 19.2 Å². The van der Waals surface area contributed by atoms with Crippen LogP contribution < -0.4 is 41.4 Å². The molecule has 4 aromatic heterocycles. The average Bonchev–Trinajstić information content (AvgIpc) is 1.54. The monoisotopic (exact) mass is 1610 g/mol. The number of ketones is 1. The van der Waals surface area contributed by atoms with E-state index in [1.54, 1.807) is 30.3 Å². The zero-order valence-corrected chi connectivity index (χ0v) is 66.5. The molecule has 17 nitrogen and oxygen atoms in total. The van der Waals surface area contributed by atoms with Crippen molar-refractivity contribution in [2.45, 2.75) is 79.3 Å². The van der Waals surface area contributed by atoms with Gasteiger partial charge in [0, 0.05) is 65.6 Å². The van der Waals surface area contributed by atoms with Crippen LogP contribution in [0.5, 0.6) is 40.2 Å². The maximum Gasteiger partial charge on any atom is 0.351 e. The van der Waals surface area contributed by atoms with Gasteiger partial charge < -0.3 is 56.3 Å². The van der Waals surface area contributed by atoms with E-state index < -0.39 is 11.3 Å². The van der Waals surface area contributed by atoms with Crippen molar-refractivity contribution in [1.29, 1.82) is 0 Å². The highest BCUT2D eigenvalue weighted by molar-refractivity contribution is 6.23. The van der Waals surface area contributed by atoms with Crippen LogP contribution >= 0.6 is 0 Å². The molecule has 2 aliphatic rings. The number of hydrogen-bond donors (Lipinski definition) is 3. The fraction of sp³-hybridized carbons (Fsp3) is 0.131. The second kappa shape index (κ2) is 38.8. The van der Waals surface area contributed by atoms with Crippen LogP contribution in [0.4, 0.5) is 13.5 Å². The molecule has 0 fully saturated rings. The van der Waals surface area contributed by atoms with Gasteiger partial charge >= 0.3 is 36.0 Å². The Labute approximate surface area is 685 Å². The molecule has 4 atom stereocenters. The minimum absolute atomic E-state index is 0.00460. The number of rotatable bonds is 5. The quantitative estimate of drug-likeness (QED) is 0.0275. The lowest BCUT2D eigenvalue weighted by Crippen LogP contribution is -2.14. The summed E-state index contributed by atoms with van der Waals surface area (Å²) in [5.41, 5.74) is 2.46. The van der Waals surface area contributed by atoms with Gasteiger partial charge in [0.2, 0.25) is 0 Å². The van der Waals surface area contributed by atoms with Crippen molar-refractivity contribution >= 4 is 139 Å². The zero-order valence-electron chi connectivity index (χ0n) is 66.5. The standard InChI is InChI=1S/3C17H14O3.C13H8O3.2C12H10O2.C10H8O.CH3BF.F2/c2*1-9-10(2)19-16-13-8-7-11-5-3-4-6-12(11)15(13)20-17(18)14(9)16;1-2-3-10-19-15-11-16(18)20-17-13-7-5-4-6-12(13)8-9-14(15)17;14-11-7-12(15)16-13-9-4-2-1-3-8(9)5-6-10(11)13;1-9(13)14-12-8-4-6-10-5-2-3-7-11(10)12;1-8(13)10-7-6-9-4-2-3-5-11(9)12(10)14;11-10-7-3-5-8-4-1-2-6-9(8)10;1-2-3;1-2/h2*3-10H,1-2H3;2-9,11H,10H2,1H3;1-7,14H;2-8H,1H3;2-7,14H,1H3;1-7,11H;1H3;/b;;3-2+;;;;;;/t9-,10+;9-,10-;;;;;;;/m00......./s1. The van der Waals surface area contributed by atoms with E-state index in [4.69, 9.17) is 45.8 Å². The van der Waals surface area contributed by atoms with E-state index in [-0.39, 0.29) is 58.5 Å². The Morgan fingerprint density at radius 1 is 0.400 bits per heavy atom. The Kier molecular flexibility index (Phi) is 27.4. The topological polar surface area (TPSA) is 253 Å². The number of carbonyl (C=O) groups excluding carboxylic acids is 2. The van der Waals surface area contributed by atoms with Gasteiger partial charge in [0.25, 0.3) is 0 Å². The van der Waals surface area contributed by atoms with Crippen molar-refractivity contribution in [3.05, 3.63) is 350 Å². The molecule has 3 N–H and O–H groups in total. The van der Waals surface area contributed by atoms with Gasteiger partial charge in [0.15, 0.2) is 5.78 Å². The van der Waals surface area contributed by atoms with Gasteiger partial charge in [-0.1, -0.05) is 257 Å². The summed E-state index contributed by atoms with van der Waals surface area (Å²) >= 11 is 0. The molecule has 14 aromatic carbocycles. The van der Waals surface area contributed by atoms with Crippen LogP contribution in [0.3, 0.4) is 0 Å². The van der Waals surface area contributed by atoms with Crippen molar-refractivity contribution in [1.82, 2.24) is 0 Å². The highest BCUT2D eigenvalue weighted by Gasteiger charge is 2.35. The predicted molar refractivity (Wildman–Crippen MR) is 470 cm³/mol. The van der Waals surface area contributed by atoms with Crippen LogP contribution in [-0.2, 0) is 4.79 Å². The summed E-state index contributed by atoms with van der Waals surface area (Å²) in [5.74, 6) is 2.68. The molecule has 0 spiro atoms. The summed E-state index contributed by atoms with van der Waals surface area (Å²) in [6, 6.07) is 86.9. The number of ether oxygens (including phenoxy) is 4. The Bertz CT molecular complexity index is 6940. The summed E-state index contributed by atoms with van der Waals surface area (Å²) in [7, 11) is 0.500. The maximum atomic E-state index is 12.3. The number of esters is 1. The molecule has 0 amide bonds. The van der Waals surface area contributed by atoms with Gasteiger partial charge in [-0.05, 0) is 108 Å². The first kappa shape index (κ1) is 84.7. The summed E-state index contributed by atoms with van der Waals surface area (Å²) in [4.78, 5) is 69.5. The summed E-state index contributed by atoms with van der Waals surface area (Å²) in [6.07, 6.45) is 3.81. The summed E-state index contributed by atoms with van der Waals surface area (Å²) in [5, 5.41) is 45.4. The van der Waals surface area contributed by atoms with Crippen molar-refractivity contribution in [3.63, 3.8) is 0 Å². The average molecular weight is 1610 g/mol. The van der Waals surface area contributed by atoms with Crippen LogP contribution in [0.2, 0.25) is 6.82 Å². The van der Waals surface area contributed by atoms with Crippen molar-refractivity contribution in [3.8, 4) is 40.2 Å². The first-order valence-electron chi connectivity index (χ1n) is 38.4. The molecule has 2 aliphatic heterocycles. The third-order valence-corrected chi connectivity index (χ3v) is 20.3. The number of hydrogen-bond acceptors (Lipinski definition) is 17. The smallest absolute Gasteiger partial charge is 0.351 e. The number of benzene rings is 14. The minimum atomic E-state index is -0.540. The van der Waals surface area contributed by atoms with Crippen LogP contribution in [0, 0.1) is 0 Å². The number of phenols is 2. The molecule has 0 saturated heterocycles. The van der Waals surface area contributed by atoms with E-state index in [0.29, 0.717) is 87.3 Å². The van der Waals surface area contributed by atoms with Crippen molar-refractivity contribution in [2.75, 3.05) is 6.61 Å². The van der Waals surface area contributed by atoms with Crippen LogP contribution in [-0.4, -0.2) is 53.4 Å². The van der Waals surface area contributed by atoms with Crippen LogP contribution in [0.25, 0.3) is 119 Å². The Hall–Kier alpha value is -14.7. The summed E-state index contributed by atoms with van der Waals surface area (Å²) in [6.45, 7) is 14.5. The molecule has 1 radical (unpaired) electrons. The lowest BCUT2D eigenvalue weighted by Gasteiger charge is -2.08. The molecule has 120 heavy (non-hydrogen) atoms.